The number of hydrogen-bond donors (Lipinski definition) is 1. The Balaban J connectivity index is 3.17. The predicted octanol–water partition coefficient (Wildman–Crippen LogP) is 4.29. The number of nitrogens with two attached hydrogens (primary N) is 1. The first-order valence-corrected chi connectivity index (χ1v) is 12.1. The zero-order chi connectivity index (χ0) is 27.8. The van der Waals surface area contributed by atoms with Crippen LogP contribution in [0.3, 0.4) is 0 Å². The molecule has 0 aliphatic rings. The van der Waals surface area contributed by atoms with Gasteiger partial charge in [0, 0.05) is 12.8 Å². The Morgan fingerprint density at radius 2 is 1.35 bits per heavy atom. The Morgan fingerprint density at radius 1 is 0.838 bits per heavy atom. The molecule has 0 radical (unpaired) electrons. The number of methoxy groups -OCH3 is 1. The summed E-state index contributed by atoms with van der Waals surface area (Å²) in [5.41, 5.74) is 5.22. The summed E-state index contributed by atoms with van der Waals surface area (Å²) >= 11 is 0. The molecule has 208 valence electrons. The van der Waals surface area contributed by atoms with E-state index < -0.39 is 36.1 Å². The predicted molar refractivity (Wildman–Crippen MR) is 130 cm³/mol. The van der Waals surface area contributed by atoms with E-state index in [1.165, 1.54) is 25.3 Å². The second-order valence-corrected chi connectivity index (χ2v) is 8.24. The Labute approximate surface area is 216 Å². The minimum atomic E-state index is -1.62. The molecule has 1 aromatic carbocycles. The zero-order valence-corrected chi connectivity index (χ0v) is 22.0. The highest BCUT2D eigenvalue weighted by Crippen LogP contribution is 2.31. The molecule has 0 aliphatic heterocycles. The van der Waals surface area contributed by atoms with Gasteiger partial charge in [0.2, 0.25) is 0 Å². The van der Waals surface area contributed by atoms with E-state index in [-0.39, 0.29) is 44.2 Å². The zero-order valence-electron chi connectivity index (χ0n) is 22.0. The summed E-state index contributed by atoms with van der Waals surface area (Å²) in [4.78, 5) is 48.4. The maximum Gasteiger partial charge on any atom is 0.513 e. The molecule has 0 spiro atoms. The molecule has 1 unspecified atom stereocenters. The van der Waals surface area contributed by atoms with Crippen molar-refractivity contribution in [2.75, 3.05) is 26.9 Å². The van der Waals surface area contributed by atoms with Gasteiger partial charge in [0.05, 0.1) is 26.9 Å². The fraction of sp³-hybridized carbons (Fsp3) is 0.600. The monoisotopic (exact) mass is 527 g/mol. The molecule has 12 heteroatoms. The van der Waals surface area contributed by atoms with Crippen molar-refractivity contribution >= 4 is 24.4 Å². The van der Waals surface area contributed by atoms with E-state index in [9.17, 15) is 19.2 Å². The highest BCUT2D eigenvalue weighted by atomic mass is 16.7. The van der Waals surface area contributed by atoms with E-state index in [4.69, 9.17) is 38.9 Å². The van der Waals surface area contributed by atoms with Crippen LogP contribution in [0.5, 0.6) is 11.5 Å². The fourth-order valence-electron chi connectivity index (χ4n) is 3.17. The van der Waals surface area contributed by atoms with Crippen LogP contribution in [-0.4, -0.2) is 63.0 Å². The number of carbonyl (C=O) groups is 4. The van der Waals surface area contributed by atoms with Gasteiger partial charge in [0.1, 0.15) is 11.6 Å². The van der Waals surface area contributed by atoms with E-state index in [1.54, 1.807) is 6.92 Å². The lowest BCUT2D eigenvalue weighted by Gasteiger charge is -2.29. The summed E-state index contributed by atoms with van der Waals surface area (Å²) in [6, 6.07) is 4.27. The molecular weight excluding hydrogens is 490 g/mol. The van der Waals surface area contributed by atoms with Gasteiger partial charge in [0.15, 0.2) is 11.5 Å². The molecule has 0 heterocycles. The molecular formula is C25H37NO11. The van der Waals surface area contributed by atoms with E-state index in [0.29, 0.717) is 24.8 Å². The standard InChI is InChI=1S/C25H37NO11/c1-6-11-32-22(28)35-17(4)15-25(26,21(27)31-5)16-18-9-10-19(36-23(29)33-12-7-2)20(14-18)37-24(30)34-13-8-3/h9-10,14,17H,6-8,11-13,15-16,26H2,1-5H3/t17-,25?/m0/s1. The van der Waals surface area contributed by atoms with Crippen LogP contribution in [0.2, 0.25) is 0 Å². The van der Waals surface area contributed by atoms with E-state index in [1.807, 2.05) is 20.8 Å². The van der Waals surface area contributed by atoms with E-state index in [0.717, 1.165) is 0 Å². The van der Waals surface area contributed by atoms with Gasteiger partial charge in [-0.25, -0.2) is 14.4 Å². The Hall–Kier alpha value is -3.54. The molecule has 0 saturated heterocycles. The first-order valence-electron chi connectivity index (χ1n) is 12.1. The van der Waals surface area contributed by atoms with Crippen LogP contribution in [0.25, 0.3) is 0 Å². The quantitative estimate of drug-likeness (QED) is 0.208. The number of rotatable bonds is 14. The summed E-state index contributed by atoms with van der Waals surface area (Å²) in [5.74, 6) is -1.00. The number of benzene rings is 1. The normalized spacial score (nSPS) is 12.9. The van der Waals surface area contributed by atoms with Gasteiger partial charge in [-0.15, -0.1) is 0 Å². The summed E-state index contributed by atoms with van der Waals surface area (Å²) in [7, 11) is 1.18. The lowest BCUT2D eigenvalue weighted by Crippen LogP contribution is -2.53. The summed E-state index contributed by atoms with van der Waals surface area (Å²) < 4.78 is 35.2. The summed E-state index contributed by atoms with van der Waals surface area (Å²) in [5, 5.41) is 0. The topological polar surface area (TPSA) is 159 Å². The van der Waals surface area contributed by atoms with Crippen molar-refractivity contribution in [2.45, 2.75) is 71.4 Å². The highest BCUT2D eigenvalue weighted by molar-refractivity contribution is 5.81. The molecule has 0 aliphatic carbocycles. The molecule has 2 N–H and O–H groups in total. The van der Waals surface area contributed by atoms with Gasteiger partial charge < -0.3 is 38.9 Å². The fourth-order valence-corrected chi connectivity index (χ4v) is 3.17. The Kier molecular flexibility index (Phi) is 13.8. The minimum absolute atomic E-state index is 0.0989. The van der Waals surface area contributed by atoms with Crippen molar-refractivity contribution in [2.24, 2.45) is 5.73 Å². The first-order chi connectivity index (χ1) is 17.6. The molecule has 1 aromatic rings. The largest absolute Gasteiger partial charge is 0.513 e. The second kappa shape index (κ2) is 16.3. The van der Waals surface area contributed by atoms with Crippen LogP contribution in [0.15, 0.2) is 18.2 Å². The van der Waals surface area contributed by atoms with Crippen LogP contribution in [0.1, 0.15) is 58.9 Å². The summed E-state index contributed by atoms with van der Waals surface area (Å²) in [6.07, 6.45) is -2.07. The molecule has 0 saturated carbocycles. The second-order valence-electron chi connectivity index (χ2n) is 8.24. The third kappa shape index (κ3) is 11.4. The van der Waals surface area contributed by atoms with Crippen molar-refractivity contribution in [1.82, 2.24) is 0 Å². The Bertz CT molecular complexity index is 905. The average Bonchev–Trinajstić information content (AvgIpc) is 2.85. The molecule has 0 bridgehead atoms. The number of hydrogen-bond acceptors (Lipinski definition) is 12. The van der Waals surface area contributed by atoms with Gasteiger partial charge >= 0.3 is 24.4 Å². The van der Waals surface area contributed by atoms with Gasteiger partial charge in [-0.2, -0.15) is 0 Å². The van der Waals surface area contributed by atoms with E-state index >= 15 is 0 Å². The lowest BCUT2D eigenvalue weighted by molar-refractivity contribution is -0.148. The van der Waals surface area contributed by atoms with Crippen LogP contribution in [-0.2, 0) is 34.9 Å². The molecule has 0 aromatic heterocycles. The molecule has 37 heavy (non-hydrogen) atoms. The summed E-state index contributed by atoms with van der Waals surface area (Å²) in [6.45, 7) is 7.50. The molecule has 12 nitrogen and oxygen atoms in total. The third-order valence-corrected chi connectivity index (χ3v) is 4.73. The maximum absolute atomic E-state index is 12.6. The van der Waals surface area contributed by atoms with Crippen LogP contribution < -0.4 is 15.2 Å². The van der Waals surface area contributed by atoms with Crippen LogP contribution >= 0.6 is 0 Å². The van der Waals surface area contributed by atoms with Crippen molar-refractivity contribution in [3.63, 3.8) is 0 Å². The van der Waals surface area contributed by atoms with Crippen molar-refractivity contribution in [1.29, 1.82) is 0 Å². The molecule has 0 amide bonds. The molecule has 0 fully saturated rings. The smallest absolute Gasteiger partial charge is 0.468 e. The van der Waals surface area contributed by atoms with Gasteiger partial charge in [-0.1, -0.05) is 26.8 Å². The number of ether oxygens (including phenoxy) is 7. The highest BCUT2D eigenvalue weighted by Gasteiger charge is 2.38. The number of carbonyl (C=O) groups excluding carboxylic acids is 4. The van der Waals surface area contributed by atoms with Gasteiger partial charge in [0.25, 0.3) is 0 Å². The van der Waals surface area contributed by atoms with Crippen molar-refractivity contribution in [3.05, 3.63) is 23.8 Å². The van der Waals surface area contributed by atoms with Crippen molar-refractivity contribution < 1.29 is 52.3 Å². The van der Waals surface area contributed by atoms with Crippen molar-refractivity contribution in [3.8, 4) is 11.5 Å². The van der Waals surface area contributed by atoms with Crippen LogP contribution in [0.4, 0.5) is 14.4 Å². The Morgan fingerprint density at radius 3 is 1.86 bits per heavy atom. The van der Waals surface area contributed by atoms with Gasteiger partial charge in [-0.05, 0) is 43.9 Å². The first kappa shape index (κ1) is 31.5. The SMILES string of the molecule is CCCOC(=O)Oc1ccc(CC(N)(C[C@H](C)OC(=O)OCCC)C(=O)OC)cc1OC(=O)OCCC. The number of esters is 1. The van der Waals surface area contributed by atoms with Gasteiger partial charge in [-0.3, -0.25) is 4.79 Å². The molecule has 1 rings (SSSR count). The third-order valence-electron chi connectivity index (χ3n) is 4.73. The average molecular weight is 528 g/mol. The maximum atomic E-state index is 12.6. The molecule has 2 atom stereocenters. The van der Waals surface area contributed by atoms with E-state index in [2.05, 4.69) is 0 Å². The minimum Gasteiger partial charge on any atom is -0.468 e. The lowest BCUT2D eigenvalue weighted by atomic mass is 9.86. The van der Waals surface area contributed by atoms with Crippen LogP contribution in [0, 0.1) is 0 Å².